The Morgan fingerprint density at radius 3 is 2.51 bits per heavy atom. The first-order valence-electron chi connectivity index (χ1n) is 12.9. The molecule has 11 heteroatoms. The van der Waals surface area contributed by atoms with Crippen LogP contribution in [0.2, 0.25) is 0 Å². The number of amides is 1. The van der Waals surface area contributed by atoms with Crippen LogP contribution in [0.3, 0.4) is 0 Å². The number of carbonyl (C=O) groups excluding carboxylic acids is 1. The molecule has 3 fully saturated rings. The van der Waals surface area contributed by atoms with Crippen molar-refractivity contribution in [2.24, 2.45) is 5.92 Å². The Bertz CT molecular complexity index is 993. The molecule has 4 atom stereocenters. The first-order valence-corrected chi connectivity index (χ1v) is 12.9. The average molecular weight is 530 g/mol. The standard InChI is InChI=1S/C26H35F4N3O4/c1-16(9-23(34)35)33-8-7-32(14-17(33)2)22-5-6-25(37-15-22,19-3-4-19)24(36)31-13-18-10-20(26(28,29)30)12-21(27)11-18/h10-12,16-17,19,22H,3-9,13-15H2,1-2H3,(H,31,36)(H,34,35)/t16-,17-,22+,25-/m0/s1. The molecule has 1 saturated carbocycles. The van der Waals surface area contributed by atoms with Gasteiger partial charge in [0, 0.05) is 44.3 Å². The number of nitrogens with one attached hydrogen (secondary N) is 1. The molecule has 1 aromatic rings. The molecular weight excluding hydrogens is 494 g/mol. The Morgan fingerprint density at radius 1 is 1.22 bits per heavy atom. The van der Waals surface area contributed by atoms with Crippen LogP contribution in [0.15, 0.2) is 18.2 Å². The highest BCUT2D eigenvalue weighted by Crippen LogP contribution is 2.47. The van der Waals surface area contributed by atoms with Gasteiger partial charge in [-0.25, -0.2) is 4.39 Å². The van der Waals surface area contributed by atoms with Gasteiger partial charge in [-0.2, -0.15) is 13.2 Å². The number of halogens is 4. The lowest BCUT2D eigenvalue weighted by Crippen LogP contribution is -2.61. The average Bonchev–Trinajstić information content (AvgIpc) is 3.67. The smallest absolute Gasteiger partial charge is 0.416 e. The summed E-state index contributed by atoms with van der Waals surface area (Å²) in [5.74, 6) is -2.10. The molecule has 1 amide bonds. The van der Waals surface area contributed by atoms with E-state index in [4.69, 9.17) is 9.84 Å². The van der Waals surface area contributed by atoms with Crippen LogP contribution in [-0.4, -0.2) is 76.8 Å². The van der Waals surface area contributed by atoms with E-state index in [1.54, 1.807) is 0 Å². The summed E-state index contributed by atoms with van der Waals surface area (Å²) in [6, 6.07) is 2.56. The Balaban J connectivity index is 1.34. The fourth-order valence-corrected chi connectivity index (χ4v) is 5.91. The molecule has 1 aliphatic carbocycles. The number of hydrogen-bond donors (Lipinski definition) is 2. The van der Waals surface area contributed by atoms with Crippen molar-refractivity contribution < 1.29 is 37.0 Å². The van der Waals surface area contributed by atoms with Gasteiger partial charge < -0.3 is 15.2 Å². The van der Waals surface area contributed by atoms with E-state index < -0.39 is 29.1 Å². The topological polar surface area (TPSA) is 82.1 Å². The highest BCUT2D eigenvalue weighted by molar-refractivity contribution is 5.86. The summed E-state index contributed by atoms with van der Waals surface area (Å²) in [5.41, 5.74) is -2.05. The summed E-state index contributed by atoms with van der Waals surface area (Å²) in [6.07, 6.45) is -1.60. The van der Waals surface area contributed by atoms with Crippen molar-refractivity contribution in [1.29, 1.82) is 0 Å². The van der Waals surface area contributed by atoms with Gasteiger partial charge in [-0.05, 0) is 69.2 Å². The number of rotatable bonds is 8. The fraction of sp³-hybridized carbons (Fsp3) is 0.692. The minimum atomic E-state index is -4.67. The summed E-state index contributed by atoms with van der Waals surface area (Å²) in [7, 11) is 0. The first kappa shape index (κ1) is 27.8. The van der Waals surface area contributed by atoms with Crippen LogP contribution in [0.25, 0.3) is 0 Å². The third-order valence-corrected chi connectivity index (χ3v) is 8.00. The van der Waals surface area contributed by atoms with Crippen molar-refractivity contribution in [2.45, 2.75) is 82.4 Å². The number of carboxylic acids is 1. The lowest BCUT2D eigenvalue weighted by molar-refractivity contribution is -0.166. The molecule has 0 unspecified atom stereocenters. The zero-order valence-electron chi connectivity index (χ0n) is 21.2. The molecule has 3 aliphatic rings. The second-order valence-corrected chi connectivity index (χ2v) is 10.7. The number of nitrogens with zero attached hydrogens (tertiary/aromatic N) is 2. The van der Waals surface area contributed by atoms with Gasteiger partial charge in [-0.3, -0.25) is 19.4 Å². The number of benzene rings is 1. The highest BCUT2D eigenvalue weighted by Gasteiger charge is 2.54. The molecule has 2 N–H and O–H groups in total. The van der Waals surface area contributed by atoms with Crippen LogP contribution in [0.4, 0.5) is 17.6 Å². The Labute approximate surface area is 214 Å². The molecule has 0 aromatic heterocycles. The van der Waals surface area contributed by atoms with Gasteiger partial charge in [-0.1, -0.05) is 0 Å². The maximum absolute atomic E-state index is 13.8. The summed E-state index contributed by atoms with van der Waals surface area (Å²) < 4.78 is 59.1. The second kappa shape index (κ2) is 10.9. The molecule has 206 valence electrons. The van der Waals surface area contributed by atoms with Crippen LogP contribution in [0, 0.1) is 11.7 Å². The predicted octanol–water partition coefficient (Wildman–Crippen LogP) is 3.66. The number of alkyl halides is 3. The Hall–Kier alpha value is -2.24. The number of piperazine rings is 1. The monoisotopic (exact) mass is 529 g/mol. The van der Waals surface area contributed by atoms with Gasteiger partial charge >= 0.3 is 12.1 Å². The molecule has 1 aromatic carbocycles. The molecule has 0 radical (unpaired) electrons. The summed E-state index contributed by atoms with van der Waals surface area (Å²) in [6.45, 7) is 6.50. The van der Waals surface area contributed by atoms with Crippen LogP contribution >= 0.6 is 0 Å². The number of carbonyl (C=O) groups is 2. The number of ether oxygens (including phenoxy) is 1. The van der Waals surface area contributed by atoms with Crippen molar-refractivity contribution in [3.63, 3.8) is 0 Å². The van der Waals surface area contributed by atoms with E-state index >= 15 is 0 Å². The minimum Gasteiger partial charge on any atom is -0.481 e. The molecule has 2 heterocycles. The third-order valence-electron chi connectivity index (χ3n) is 8.00. The molecule has 37 heavy (non-hydrogen) atoms. The van der Waals surface area contributed by atoms with Crippen molar-refractivity contribution in [3.05, 3.63) is 35.1 Å². The number of carboxylic acid groups (broad SMARTS) is 1. The van der Waals surface area contributed by atoms with E-state index in [9.17, 15) is 27.2 Å². The normalized spacial score (nSPS) is 28.6. The molecular formula is C26H35F4N3O4. The zero-order valence-corrected chi connectivity index (χ0v) is 21.2. The van der Waals surface area contributed by atoms with E-state index in [-0.39, 0.29) is 48.5 Å². The molecule has 2 aliphatic heterocycles. The number of aliphatic carboxylic acids is 1. The van der Waals surface area contributed by atoms with Crippen LogP contribution in [0.5, 0.6) is 0 Å². The van der Waals surface area contributed by atoms with E-state index in [1.165, 1.54) is 0 Å². The Morgan fingerprint density at radius 2 is 1.95 bits per heavy atom. The minimum absolute atomic E-state index is 0.0456. The fourth-order valence-electron chi connectivity index (χ4n) is 5.91. The predicted molar refractivity (Wildman–Crippen MR) is 127 cm³/mol. The van der Waals surface area contributed by atoms with Crippen LogP contribution in [0.1, 0.15) is 57.1 Å². The van der Waals surface area contributed by atoms with Gasteiger partial charge in [0.05, 0.1) is 18.6 Å². The van der Waals surface area contributed by atoms with Crippen molar-refractivity contribution in [3.8, 4) is 0 Å². The van der Waals surface area contributed by atoms with Crippen LogP contribution in [-0.2, 0) is 27.0 Å². The first-order chi connectivity index (χ1) is 17.4. The highest BCUT2D eigenvalue weighted by atomic mass is 19.4. The van der Waals surface area contributed by atoms with Gasteiger partial charge in [0.25, 0.3) is 5.91 Å². The van der Waals surface area contributed by atoms with Crippen molar-refractivity contribution in [1.82, 2.24) is 15.1 Å². The van der Waals surface area contributed by atoms with Crippen molar-refractivity contribution in [2.75, 3.05) is 26.2 Å². The Kier molecular flexibility index (Phi) is 8.16. The molecule has 0 spiro atoms. The van der Waals surface area contributed by atoms with E-state index in [0.29, 0.717) is 19.1 Å². The largest absolute Gasteiger partial charge is 0.481 e. The third kappa shape index (κ3) is 6.43. The summed E-state index contributed by atoms with van der Waals surface area (Å²) in [5, 5.41) is 11.8. The summed E-state index contributed by atoms with van der Waals surface area (Å²) in [4.78, 5) is 28.9. The zero-order chi connectivity index (χ0) is 27.0. The van der Waals surface area contributed by atoms with E-state index in [2.05, 4.69) is 22.0 Å². The molecule has 0 bridgehead atoms. The maximum Gasteiger partial charge on any atom is 0.416 e. The lowest BCUT2D eigenvalue weighted by Gasteiger charge is -2.48. The summed E-state index contributed by atoms with van der Waals surface area (Å²) >= 11 is 0. The van der Waals surface area contributed by atoms with Crippen LogP contribution < -0.4 is 5.32 Å². The van der Waals surface area contributed by atoms with Gasteiger partial charge in [0.15, 0.2) is 0 Å². The van der Waals surface area contributed by atoms with E-state index in [1.807, 2.05) is 6.92 Å². The SMILES string of the molecule is C[C@@H](CC(=O)O)N1CCN([C@@H]2CC[C@@](C(=O)NCc3cc(F)cc(C(F)(F)F)c3)(C3CC3)OC2)C[C@@H]1C. The molecule has 4 rings (SSSR count). The van der Waals surface area contributed by atoms with Gasteiger partial charge in [0.1, 0.15) is 11.4 Å². The molecule has 2 saturated heterocycles. The quantitative estimate of drug-likeness (QED) is 0.501. The van der Waals surface area contributed by atoms with Crippen molar-refractivity contribution >= 4 is 11.9 Å². The lowest BCUT2D eigenvalue weighted by atomic mass is 9.85. The second-order valence-electron chi connectivity index (χ2n) is 10.7. The van der Waals surface area contributed by atoms with Gasteiger partial charge in [-0.15, -0.1) is 0 Å². The maximum atomic E-state index is 13.8. The number of hydrogen-bond acceptors (Lipinski definition) is 5. The van der Waals surface area contributed by atoms with Gasteiger partial charge in [0.2, 0.25) is 0 Å². The molecule has 7 nitrogen and oxygen atoms in total. The van der Waals surface area contributed by atoms with E-state index in [0.717, 1.165) is 51.0 Å².